The predicted octanol–water partition coefficient (Wildman–Crippen LogP) is 4.14. The van der Waals surface area contributed by atoms with Crippen molar-refractivity contribution in [2.45, 2.75) is 19.4 Å². The molecule has 0 amide bonds. The van der Waals surface area contributed by atoms with Gasteiger partial charge in [0.1, 0.15) is 5.75 Å². The highest BCUT2D eigenvalue weighted by Gasteiger charge is 2.14. The molecule has 0 fully saturated rings. The molecule has 5 heteroatoms. The van der Waals surface area contributed by atoms with E-state index in [0.29, 0.717) is 23.1 Å². The van der Waals surface area contributed by atoms with Crippen LogP contribution in [0.1, 0.15) is 24.1 Å². The number of hydrogen-bond donors (Lipinski definition) is 2. The van der Waals surface area contributed by atoms with E-state index in [1.807, 2.05) is 43.3 Å². The van der Waals surface area contributed by atoms with Crippen molar-refractivity contribution >= 4 is 23.2 Å². The summed E-state index contributed by atoms with van der Waals surface area (Å²) < 4.78 is 5.44. The first-order chi connectivity index (χ1) is 10.2. The maximum atomic E-state index is 6.23. The Labute approximate surface area is 135 Å². The number of benzene rings is 2. The van der Waals surface area contributed by atoms with Crippen molar-refractivity contribution in [1.29, 1.82) is 0 Å². The van der Waals surface area contributed by atoms with Gasteiger partial charge in [0.25, 0.3) is 0 Å². The molecule has 0 aliphatic heterocycles. The molecule has 0 aromatic heterocycles. The Balaban J connectivity index is 2.17. The van der Waals surface area contributed by atoms with Crippen molar-refractivity contribution in [3.8, 4) is 5.75 Å². The summed E-state index contributed by atoms with van der Waals surface area (Å²) in [6.45, 7) is 2.61. The molecule has 112 valence electrons. The number of hydrazine groups is 1. The molecule has 0 aliphatic rings. The van der Waals surface area contributed by atoms with Crippen LogP contribution < -0.4 is 16.0 Å². The first-order valence-corrected chi connectivity index (χ1v) is 7.53. The van der Waals surface area contributed by atoms with Crippen LogP contribution in [0.2, 0.25) is 10.0 Å². The van der Waals surface area contributed by atoms with Crippen LogP contribution in [0.3, 0.4) is 0 Å². The fourth-order valence-electron chi connectivity index (χ4n) is 2.16. The third-order valence-electron chi connectivity index (χ3n) is 3.25. The SMILES string of the molecule is CCOc1ccc(C(Cc2cccc(Cl)c2Cl)NN)cc1. The summed E-state index contributed by atoms with van der Waals surface area (Å²) in [7, 11) is 0. The normalized spacial score (nSPS) is 12.2. The molecule has 1 unspecified atom stereocenters. The second-order valence-electron chi connectivity index (χ2n) is 4.64. The molecule has 1 atom stereocenters. The highest BCUT2D eigenvalue weighted by molar-refractivity contribution is 6.42. The van der Waals surface area contributed by atoms with Crippen LogP contribution in [-0.2, 0) is 6.42 Å². The summed E-state index contributed by atoms with van der Waals surface area (Å²) in [5, 5.41) is 1.13. The Hall–Kier alpha value is -1.26. The summed E-state index contributed by atoms with van der Waals surface area (Å²) in [5.41, 5.74) is 4.85. The zero-order valence-corrected chi connectivity index (χ0v) is 13.3. The zero-order valence-electron chi connectivity index (χ0n) is 11.8. The van der Waals surface area contributed by atoms with Crippen LogP contribution in [0.25, 0.3) is 0 Å². The molecule has 2 aromatic carbocycles. The van der Waals surface area contributed by atoms with E-state index in [4.69, 9.17) is 33.8 Å². The number of halogens is 2. The summed E-state index contributed by atoms with van der Waals surface area (Å²) in [6, 6.07) is 13.4. The highest BCUT2D eigenvalue weighted by Crippen LogP contribution is 2.29. The van der Waals surface area contributed by atoms with Crippen molar-refractivity contribution < 1.29 is 4.74 Å². The van der Waals surface area contributed by atoms with E-state index >= 15 is 0 Å². The molecule has 2 rings (SSSR count). The van der Waals surface area contributed by atoms with Gasteiger partial charge in [-0.2, -0.15) is 0 Å². The average molecular weight is 325 g/mol. The molecular formula is C16H18Cl2N2O. The number of rotatable bonds is 6. The third-order valence-corrected chi connectivity index (χ3v) is 4.11. The second kappa shape index (κ2) is 7.66. The molecule has 0 aliphatic carbocycles. The van der Waals surface area contributed by atoms with Gasteiger partial charge in [-0.25, -0.2) is 0 Å². The van der Waals surface area contributed by atoms with E-state index in [-0.39, 0.29) is 6.04 Å². The molecule has 2 aromatic rings. The largest absolute Gasteiger partial charge is 0.494 e. The van der Waals surface area contributed by atoms with Gasteiger partial charge in [0, 0.05) is 0 Å². The minimum absolute atomic E-state index is 0.0448. The lowest BCUT2D eigenvalue weighted by atomic mass is 9.99. The smallest absolute Gasteiger partial charge is 0.119 e. The van der Waals surface area contributed by atoms with Crippen molar-refractivity contribution in [1.82, 2.24) is 5.43 Å². The molecule has 3 nitrogen and oxygen atoms in total. The van der Waals surface area contributed by atoms with E-state index in [1.54, 1.807) is 6.07 Å². The van der Waals surface area contributed by atoms with Gasteiger partial charge in [-0.15, -0.1) is 0 Å². The van der Waals surface area contributed by atoms with Gasteiger partial charge < -0.3 is 4.74 Å². The third kappa shape index (κ3) is 4.11. The van der Waals surface area contributed by atoms with Crippen molar-refractivity contribution in [2.24, 2.45) is 5.84 Å². The lowest BCUT2D eigenvalue weighted by Crippen LogP contribution is -2.29. The van der Waals surface area contributed by atoms with E-state index in [0.717, 1.165) is 16.9 Å². The second-order valence-corrected chi connectivity index (χ2v) is 5.42. The van der Waals surface area contributed by atoms with Gasteiger partial charge in [0.05, 0.1) is 22.7 Å². The number of hydrogen-bond acceptors (Lipinski definition) is 3. The first kappa shape index (κ1) is 16.1. The van der Waals surface area contributed by atoms with Crippen LogP contribution >= 0.6 is 23.2 Å². The van der Waals surface area contributed by atoms with Gasteiger partial charge in [0.2, 0.25) is 0 Å². The minimum Gasteiger partial charge on any atom is -0.494 e. The molecule has 3 N–H and O–H groups in total. The molecule has 0 heterocycles. The molecule has 0 spiro atoms. The quantitative estimate of drug-likeness (QED) is 0.620. The van der Waals surface area contributed by atoms with Gasteiger partial charge >= 0.3 is 0 Å². The summed E-state index contributed by atoms with van der Waals surface area (Å²) in [6.07, 6.45) is 0.657. The maximum Gasteiger partial charge on any atom is 0.119 e. The zero-order chi connectivity index (χ0) is 15.2. The lowest BCUT2D eigenvalue weighted by Gasteiger charge is -2.18. The Morgan fingerprint density at radius 2 is 1.86 bits per heavy atom. The van der Waals surface area contributed by atoms with Crippen LogP contribution in [0.15, 0.2) is 42.5 Å². The molecule has 0 bridgehead atoms. The van der Waals surface area contributed by atoms with E-state index in [2.05, 4.69) is 5.43 Å². The van der Waals surface area contributed by atoms with Gasteiger partial charge in [-0.05, 0) is 42.7 Å². The Bertz CT molecular complexity index is 587. The molecule has 21 heavy (non-hydrogen) atoms. The van der Waals surface area contributed by atoms with Gasteiger partial charge in [-0.3, -0.25) is 11.3 Å². The van der Waals surface area contributed by atoms with Crippen molar-refractivity contribution in [3.05, 3.63) is 63.6 Å². The standard InChI is InChI=1S/C16H18Cl2N2O/c1-2-21-13-8-6-11(7-9-13)15(20-19)10-12-4-3-5-14(17)16(12)18/h3-9,15,20H,2,10,19H2,1H3. The summed E-state index contributed by atoms with van der Waals surface area (Å²) in [5.74, 6) is 6.53. The van der Waals surface area contributed by atoms with Gasteiger partial charge in [0.15, 0.2) is 0 Å². The van der Waals surface area contributed by atoms with Crippen LogP contribution in [0.4, 0.5) is 0 Å². The highest BCUT2D eigenvalue weighted by atomic mass is 35.5. The Morgan fingerprint density at radius 3 is 2.48 bits per heavy atom. The van der Waals surface area contributed by atoms with E-state index < -0.39 is 0 Å². The fourth-order valence-corrected chi connectivity index (χ4v) is 2.56. The summed E-state index contributed by atoms with van der Waals surface area (Å²) in [4.78, 5) is 0. The number of ether oxygens (including phenoxy) is 1. The monoisotopic (exact) mass is 324 g/mol. The fraction of sp³-hybridized carbons (Fsp3) is 0.250. The van der Waals surface area contributed by atoms with Crippen LogP contribution in [0.5, 0.6) is 5.75 Å². The van der Waals surface area contributed by atoms with Crippen LogP contribution in [-0.4, -0.2) is 6.61 Å². The Morgan fingerprint density at radius 1 is 1.14 bits per heavy atom. The van der Waals surface area contributed by atoms with E-state index in [1.165, 1.54) is 0 Å². The number of nitrogens with two attached hydrogens (primary N) is 1. The molecule has 0 saturated carbocycles. The maximum absolute atomic E-state index is 6.23. The van der Waals surface area contributed by atoms with Crippen molar-refractivity contribution in [3.63, 3.8) is 0 Å². The first-order valence-electron chi connectivity index (χ1n) is 6.77. The predicted molar refractivity (Wildman–Crippen MR) is 87.8 cm³/mol. The van der Waals surface area contributed by atoms with Gasteiger partial charge in [-0.1, -0.05) is 47.5 Å². The lowest BCUT2D eigenvalue weighted by molar-refractivity contribution is 0.340. The average Bonchev–Trinajstić information content (AvgIpc) is 2.50. The minimum atomic E-state index is -0.0448. The topological polar surface area (TPSA) is 47.3 Å². The molecule has 0 saturated heterocycles. The molecule has 0 radical (unpaired) electrons. The Kier molecular flexibility index (Phi) is 5.88. The van der Waals surface area contributed by atoms with E-state index in [9.17, 15) is 0 Å². The summed E-state index contributed by atoms with van der Waals surface area (Å²) >= 11 is 12.3. The number of nitrogens with one attached hydrogen (secondary N) is 1. The van der Waals surface area contributed by atoms with Crippen LogP contribution in [0, 0.1) is 0 Å². The molecular weight excluding hydrogens is 307 g/mol. The van der Waals surface area contributed by atoms with Crippen molar-refractivity contribution in [2.75, 3.05) is 6.61 Å².